The Kier molecular flexibility index (Phi) is 5.87. The van der Waals surface area contributed by atoms with Crippen molar-refractivity contribution in [1.82, 2.24) is 14.3 Å². The van der Waals surface area contributed by atoms with Crippen molar-refractivity contribution in [2.75, 3.05) is 23.4 Å². The molecule has 6 rings (SSSR count). The molecule has 1 fully saturated rings. The minimum atomic E-state index is -4.24. The van der Waals surface area contributed by atoms with Crippen LogP contribution < -0.4 is 14.5 Å². The molecule has 0 aliphatic carbocycles. The Balaban J connectivity index is 1.29. The van der Waals surface area contributed by atoms with E-state index in [1.165, 1.54) is 39.9 Å². The van der Waals surface area contributed by atoms with Crippen LogP contribution in [0.2, 0.25) is 0 Å². The number of nitrogens with one attached hydrogen (secondary N) is 1. The van der Waals surface area contributed by atoms with Gasteiger partial charge in [-0.2, -0.15) is 5.10 Å². The van der Waals surface area contributed by atoms with Crippen LogP contribution in [0.15, 0.2) is 65.8 Å². The summed E-state index contributed by atoms with van der Waals surface area (Å²) in [6, 6.07) is 10.7. The van der Waals surface area contributed by atoms with Crippen LogP contribution in [0.25, 0.3) is 5.52 Å². The van der Waals surface area contributed by atoms with Gasteiger partial charge in [-0.15, -0.1) is 0 Å². The van der Waals surface area contributed by atoms with Gasteiger partial charge in [0.15, 0.2) is 0 Å². The Morgan fingerprint density at radius 2 is 1.92 bits per heavy atom. The van der Waals surface area contributed by atoms with Crippen molar-refractivity contribution in [3.63, 3.8) is 0 Å². The number of anilines is 2. The average molecular weight is 552 g/mol. The summed E-state index contributed by atoms with van der Waals surface area (Å²) in [6.45, 7) is 0.594. The standard InChI is InChI=1S/C27H23F2N5O4S/c1-32-23-7-5-19(11-16(23)12-26(32)35)39(37,38)31-27(36)21-15-30-34-10-8-18(14-25(21)34)33-9-2-3-24(33)20-13-17(28)4-6-22(20)29/h4-8,10-11,13-15,24H,2-3,9,12H2,1H3,(H,31,36)/t24-/m1/s1. The average Bonchev–Trinajstić information content (AvgIpc) is 3.62. The molecule has 2 amide bonds. The van der Waals surface area contributed by atoms with Crippen molar-refractivity contribution < 1.29 is 26.8 Å². The summed E-state index contributed by atoms with van der Waals surface area (Å²) in [5.74, 6) is -2.03. The van der Waals surface area contributed by atoms with Crippen LogP contribution in [0.3, 0.4) is 0 Å². The summed E-state index contributed by atoms with van der Waals surface area (Å²) in [6.07, 6.45) is 4.36. The maximum atomic E-state index is 14.6. The van der Waals surface area contributed by atoms with E-state index < -0.39 is 33.6 Å². The molecule has 4 heterocycles. The predicted octanol–water partition coefficient (Wildman–Crippen LogP) is 3.59. The van der Waals surface area contributed by atoms with Crippen LogP contribution in [0.1, 0.15) is 40.4 Å². The maximum absolute atomic E-state index is 14.6. The normalized spacial score (nSPS) is 17.2. The SMILES string of the molecule is CN1C(=O)Cc2cc(S(=O)(=O)NC(=O)c3cnn4ccc(N5CCC[C@@H]5c5cc(F)ccc5F)cc34)ccc21. The molecule has 1 atom stereocenters. The number of likely N-dealkylation sites (N-methyl/N-ethyl adjacent to an activating group) is 1. The zero-order valence-electron chi connectivity index (χ0n) is 20.8. The van der Waals surface area contributed by atoms with Crippen molar-refractivity contribution in [3.8, 4) is 0 Å². The van der Waals surface area contributed by atoms with Gasteiger partial charge in [-0.05, 0) is 66.9 Å². The monoisotopic (exact) mass is 551 g/mol. The number of hydrogen-bond acceptors (Lipinski definition) is 6. The number of halogens is 2. The molecule has 39 heavy (non-hydrogen) atoms. The molecule has 0 spiro atoms. The lowest BCUT2D eigenvalue weighted by atomic mass is 10.0. The first-order chi connectivity index (χ1) is 18.6. The van der Waals surface area contributed by atoms with Crippen LogP contribution in [-0.4, -0.2) is 43.4 Å². The summed E-state index contributed by atoms with van der Waals surface area (Å²) >= 11 is 0. The molecule has 0 saturated carbocycles. The predicted molar refractivity (Wildman–Crippen MR) is 139 cm³/mol. The number of hydrogen-bond donors (Lipinski definition) is 1. The molecule has 2 aliphatic rings. The van der Waals surface area contributed by atoms with Gasteiger partial charge in [0.25, 0.3) is 15.9 Å². The van der Waals surface area contributed by atoms with Gasteiger partial charge in [0, 0.05) is 36.7 Å². The van der Waals surface area contributed by atoms with E-state index in [1.54, 1.807) is 25.4 Å². The van der Waals surface area contributed by atoms with Crippen molar-refractivity contribution in [1.29, 1.82) is 0 Å². The Morgan fingerprint density at radius 1 is 1.10 bits per heavy atom. The third kappa shape index (κ3) is 4.30. The highest BCUT2D eigenvalue weighted by Crippen LogP contribution is 2.38. The molecule has 4 aromatic rings. The van der Waals surface area contributed by atoms with E-state index in [9.17, 15) is 26.8 Å². The van der Waals surface area contributed by atoms with Crippen LogP contribution in [0, 0.1) is 11.6 Å². The number of nitrogens with zero attached hydrogens (tertiary/aromatic N) is 4. The molecule has 0 unspecified atom stereocenters. The lowest BCUT2D eigenvalue weighted by molar-refractivity contribution is -0.117. The first kappa shape index (κ1) is 25.0. The summed E-state index contributed by atoms with van der Waals surface area (Å²) in [7, 11) is -2.63. The van der Waals surface area contributed by atoms with Gasteiger partial charge in [-0.1, -0.05) is 0 Å². The van der Waals surface area contributed by atoms with Crippen molar-refractivity contribution in [2.45, 2.75) is 30.2 Å². The number of amides is 2. The van der Waals surface area contributed by atoms with Crippen LogP contribution >= 0.6 is 0 Å². The van der Waals surface area contributed by atoms with Crippen LogP contribution in [-0.2, 0) is 21.2 Å². The largest absolute Gasteiger partial charge is 0.364 e. The molecule has 2 aromatic heterocycles. The van der Waals surface area contributed by atoms with E-state index in [1.807, 2.05) is 4.90 Å². The van der Waals surface area contributed by atoms with E-state index in [0.29, 0.717) is 35.4 Å². The second kappa shape index (κ2) is 9.16. The molecule has 2 aromatic carbocycles. The molecule has 0 radical (unpaired) electrons. The van der Waals surface area contributed by atoms with Gasteiger partial charge < -0.3 is 9.80 Å². The maximum Gasteiger partial charge on any atom is 0.268 e. The zero-order valence-corrected chi connectivity index (χ0v) is 21.6. The topological polar surface area (TPSA) is 104 Å². The third-order valence-electron chi connectivity index (χ3n) is 7.32. The lowest BCUT2D eigenvalue weighted by Crippen LogP contribution is -2.30. The number of sulfonamides is 1. The fourth-order valence-corrected chi connectivity index (χ4v) is 6.36. The van der Waals surface area contributed by atoms with Gasteiger partial charge in [0.1, 0.15) is 11.6 Å². The van der Waals surface area contributed by atoms with E-state index >= 15 is 0 Å². The van der Waals surface area contributed by atoms with E-state index in [2.05, 4.69) is 9.82 Å². The second-order valence-corrected chi connectivity index (χ2v) is 11.3. The first-order valence-corrected chi connectivity index (χ1v) is 13.8. The highest BCUT2D eigenvalue weighted by molar-refractivity contribution is 7.90. The second-order valence-electron chi connectivity index (χ2n) is 9.64. The molecule has 9 nitrogen and oxygen atoms in total. The van der Waals surface area contributed by atoms with Gasteiger partial charge >= 0.3 is 0 Å². The molecule has 2 aliphatic heterocycles. The molecule has 12 heteroatoms. The number of carbonyl (C=O) groups is 2. The van der Waals surface area contributed by atoms with Crippen LogP contribution in [0.4, 0.5) is 20.2 Å². The Labute approximate surface area is 222 Å². The van der Waals surface area contributed by atoms with Gasteiger partial charge in [-0.25, -0.2) is 26.4 Å². The Bertz CT molecular complexity index is 1770. The van der Waals surface area contributed by atoms with Crippen molar-refractivity contribution >= 4 is 38.7 Å². The number of fused-ring (bicyclic) bond motifs is 2. The highest BCUT2D eigenvalue weighted by Gasteiger charge is 2.30. The number of benzene rings is 2. The summed E-state index contributed by atoms with van der Waals surface area (Å²) in [4.78, 5) is 28.4. The number of rotatable bonds is 5. The molecule has 200 valence electrons. The summed E-state index contributed by atoms with van der Waals surface area (Å²) < 4.78 is 58.1. The summed E-state index contributed by atoms with van der Waals surface area (Å²) in [5.41, 5.74) is 2.49. The molecule has 0 bridgehead atoms. The quantitative estimate of drug-likeness (QED) is 0.407. The van der Waals surface area contributed by atoms with Gasteiger partial charge in [0.05, 0.1) is 34.6 Å². The lowest BCUT2D eigenvalue weighted by Gasteiger charge is -2.27. The van der Waals surface area contributed by atoms with E-state index in [0.717, 1.165) is 18.6 Å². The van der Waals surface area contributed by atoms with Crippen molar-refractivity contribution in [2.24, 2.45) is 0 Å². The van der Waals surface area contributed by atoms with Crippen molar-refractivity contribution in [3.05, 3.63) is 89.2 Å². The minimum absolute atomic E-state index is 0.0316. The minimum Gasteiger partial charge on any atom is -0.364 e. The fraction of sp³-hybridized carbons (Fsp3) is 0.222. The number of aromatic nitrogens is 2. The number of pyridine rings is 1. The fourth-order valence-electron chi connectivity index (χ4n) is 5.34. The smallest absolute Gasteiger partial charge is 0.268 e. The Morgan fingerprint density at radius 3 is 2.74 bits per heavy atom. The summed E-state index contributed by atoms with van der Waals surface area (Å²) in [5, 5.41) is 4.17. The molecular formula is C27H23F2N5O4S. The van der Waals surface area contributed by atoms with Gasteiger partial charge in [-0.3, -0.25) is 9.59 Å². The van der Waals surface area contributed by atoms with Gasteiger partial charge in [0.2, 0.25) is 5.91 Å². The van der Waals surface area contributed by atoms with Crippen LogP contribution in [0.5, 0.6) is 0 Å². The Hall–Kier alpha value is -4.32. The molecule has 1 N–H and O–H groups in total. The van der Waals surface area contributed by atoms with E-state index in [-0.39, 0.29) is 28.4 Å². The zero-order chi connectivity index (χ0) is 27.5. The molecular weight excluding hydrogens is 528 g/mol. The number of carbonyl (C=O) groups excluding carboxylic acids is 2. The molecule has 1 saturated heterocycles. The third-order valence-corrected chi connectivity index (χ3v) is 8.65. The highest BCUT2D eigenvalue weighted by atomic mass is 32.2. The first-order valence-electron chi connectivity index (χ1n) is 12.3. The van der Waals surface area contributed by atoms with E-state index in [4.69, 9.17) is 0 Å².